The molecule has 2 aromatic carbocycles. The van der Waals surface area contributed by atoms with Crippen LogP contribution in [0, 0.1) is 0 Å². The van der Waals surface area contributed by atoms with Crippen LogP contribution in [-0.4, -0.2) is 35.7 Å². The predicted molar refractivity (Wildman–Crippen MR) is 117 cm³/mol. The Hall–Kier alpha value is -3.35. The van der Waals surface area contributed by atoms with E-state index < -0.39 is 11.8 Å². The Bertz CT molecular complexity index is 931. The second-order valence-electron chi connectivity index (χ2n) is 8.68. The SMILES string of the molecule is CC(C)(C)c1ccc(OCc2ccc(C(=O)NNC(=O)CN3CCCC3=O)cc2)cc1. The van der Waals surface area contributed by atoms with Gasteiger partial charge in [0.05, 0.1) is 0 Å². The van der Waals surface area contributed by atoms with Crippen molar-refractivity contribution in [1.82, 2.24) is 15.8 Å². The lowest BCUT2D eigenvalue weighted by Gasteiger charge is -2.19. The van der Waals surface area contributed by atoms with Gasteiger partial charge < -0.3 is 9.64 Å². The van der Waals surface area contributed by atoms with Gasteiger partial charge in [0.25, 0.3) is 11.8 Å². The first-order valence-corrected chi connectivity index (χ1v) is 10.4. The molecule has 2 aromatic rings. The number of carbonyl (C=O) groups is 3. The van der Waals surface area contributed by atoms with Crippen molar-refractivity contribution in [2.45, 2.75) is 45.6 Å². The van der Waals surface area contributed by atoms with E-state index in [1.807, 2.05) is 24.3 Å². The van der Waals surface area contributed by atoms with Gasteiger partial charge in [-0.25, -0.2) is 0 Å². The summed E-state index contributed by atoms with van der Waals surface area (Å²) < 4.78 is 5.82. The van der Waals surface area contributed by atoms with E-state index in [0.29, 0.717) is 25.1 Å². The summed E-state index contributed by atoms with van der Waals surface area (Å²) in [6, 6.07) is 15.0. The molecule has 1 saturated heterocycles. The van der Waals surface area contributed by atoms with Crippen molar-refractivity contribution in [3.63, 3.8) is 0 Å². The summed E-state index contributed by atoms with van der Waals surface area (Å²) >= 11 is 0. The molecule has 0 bridgehead atoms. The van der Waals surface area contributed by atoms with Gasteiger partial charge in [-0.2, -0.15) is 0 Å². The molecule has 1 heterocycles. The number of hydrazine groups is 1. The molecule has 7 heteroatoms. The van der Waals surface area contributed by atoms with E-state index in [2.05, 4.69) is 43.8 Å². The lowest BCUT2D eigenvalue weighted by atomic mass is 9.87. The summed E-state index contributed by atoms with van der Waals surface area (Å²) in [5, 5.41) is 0. The Morgan fingerprint density at radius 2 is 1.68 bits per heavy atom. The molecule has 0 aliphatic carbocycles. The van der Waals surface area contributed by atoms with Crippen molar-refractivity contribution in [2.24, 2.45) is 0 Å². The van der Waals surface area contributed by atoms with Crippen LogP contribution in [-0.2, 0) is 21.6 Å². The van der Waals surface area contributed by atoms with E-state index in [4.69, 9.17) is 4.74 Å². The van der Waals surface area contributed by atoms with Gasteiger partial charge in [-0.15, -0.1) is 0 Å². The van der Waals surface area contributed by atoms with Crippen LogP contribution in [0.3, 0.4) is 0 Å². The number of nitrogens with zero attached hydrogens (tertiary/aromatic N) is 1. The number of nitrogens with one attached hydrogen (secondary N) is 2. The van der Waals surface area contributed by atoms with Gasteiger partial charge >= 0.3 is 0 Å². The minimum atomic E-state index is -0.425. The van der Waals surface area contributed by atoms with Crippen LogP contribution in [0.4, 0.5) is 0 Å². The quantitative estimate of drug-likeness (QED) is 0.700. The fraction of sp³-hybridized carbons (Fsp3) is 0.375. The Kier molecular flexibility index (Phi) is 6.95. The normalized spacial score (nSPS) is 13.8. The van der Waals surface area contributed by atoms with Gasteiger partial charge in [-0.3, -0.25) is 25.2 Å². The van der Waals surface area contributed by atoms with E-state index in [1.54, 1.807) is 12.1 Å². The number of rotatable bonds is 6. The molecule has 0 spiro atoms. The summed E-state index contributed by atoms with van der Waals surface area (Å²) in [5.74, 6) is -0.101. The molecule has 3 rings (SSSR count). The van der Waals surface area contributed by atoms with Crippen molar-refractivity contribution >= 4 is 17.7 Å². The molecule has 1 fully saturated rings. The van der Waals surface area contributed by atoms with Crippen molar-refractivity contribution in [3.8, 4) is 5.75 Å². The molecule has 0 unspecified atom stereocenters. The summed E-state index contributed by atoms with van der Waals surface area (Å²) in [4.78, 5) is 37.1. The number of ether oxygens (including phenoxy) is 1. The first-order valence-electron chi connectivity index (χ1n) is 10.4. The Balaban J connectivity index is 1.45. The lowest BCUT2D eigenvalue weighted by Crippen LogP contribution is -2.46. The van der Waals surface area contributed by atoms with Crippen molar-refractivity contribution in [1.29, 1.82) is 0 Å². The largest absolute Gasteiger partial charge is 0.489 e. The first kappa shape index (κ1) is 22.3. The molecular formula is C24H29N3O4. The maximum Gasteiger partial charge on any atom is 0.269 e. The highest BCUT2D eigenvalue weighted by Gasteiger charge is 2.22. The van der Waals surface area contributed by atoms with Crippen LogP contribution in [0.15, 0.2) is 48.5 Å². The molecule has 3 amide bonds. The van der Waals surface area contributed by atoms with E-state index in [0.717, 1.165) is 17.7 Å². The smallest absolute Gasteiger partial charge is 0.269 e. The second-order valence-corrected chi connectivity index (χ2v) is 8.68. The van der Waals surface area contributed by atoms with Gasteiger partial charge in [0.2, 0.25) is 5.91 Å². The number of likely N-dealkylation sites (tertiary alicyclic amines) is 1. The molecule has 31 heavy (non-hydrogen) atoms. The summed E-state index contributed by atoms with van der Waals surface area (Å²) in [6.07, 6.45) is 1.23. The van der Waals surface area contributed by atoms with Gasteiger partial charge in [-0.1, -0.05) is 45.0 Å². The summed E-state index contributed by atoms with van der Waals surface area (Å²) in [7, 11) is 0. The minimum Gasteiger partial charge on any atom is -0.489 e. The molecule has 0 aromatic heterocycles. The molecule has 1 aliphatic rings. The number of amides is 3. The van der Waals surface area contributed by atoms with Gasteiger partial charge in [0.1, 0.15) is 18.9 Å². The van der Waals surface area contributed by atoms with Crippen LogP contribution < -0.4 is 15.6 Å². The van der Waals surface area contributed by atoms with Crippen LogP contribution in [0.2, 0.25) is 0 Å². The number of benzene rings is 2. The molecule has 7 nitrogen and oxygen atoms in total. The van der Waals surface area contributed by atoms with Crippen molar-refractivity contribution in [2.75, 3.05) is 13.1 Å². The average molecular weight is 424 g/mol. The third-order valence-corrected chi connectivity index (χ3v) is 5.16. The van der Waals surface area contributed by atoms with E-state index in [-0.39, 0.29) is 17.9 Å². The second kappa shape index (κ2) is 9.64. The van der Waals surface area contributed by atoms with Gasteiger partial charge in [0, 0.05) is 18.5 Å². The topological polar surface area (TPSA) is 87.7 Å². The van der Waals surface area contributed by atoms with Gasteiger partial charge in [-0.05, 0) is 47.2 Å². The summed E-state index contributed by atoms with van der Waals surface area (Å²) in [6.45, 7) is 7.41. The zero-order valence-electron chi connectivity index (χ0n) is 18.2. The zero-order valence-corrected chi connectivity index (χ0v) is 18.2. The van der Waals surface area contributed by atoms with Crippen LogP contribution in [0.1, 0.15) is 55.1 Å². The maximum absolute atomic E-state index is 12.2. The average Bonchev–Trinajstić information content (AvgIpc) is 3.15. The number of hydrogen-bond donors (Lipinski definition) is 2. The van der Waals surface area contributed by atoms with Crippen LogP contribution in [0.25, 0.3) is 0 Å². The number of carbonyl (C=O) groups excluding carboxylic acids is 3. The summed E-state index contributed by atoms with van der Waals surface area (Å²) in [5.41, 5.74) is 7.40. The van der Waals surface area contributed by atoms with Crippen LogP contribution in [0.5, 0.6) is 5.75 Å². The standard InChI is InChI=1S/C24H29N3O4/c1-24(2,3)19-10-12-20(13-11-19)31-16-17-6-8-18(9-7-17)23(30)26-25-21(28)15-27-14-4-5-22(27)29/h6-13H,4-5,14-16H2,1-3H3,(H,25,28)(H,26,30). The highest BCUT2D eigenvalue weighted by atomic mass is 16.5. The van der Waals surface area contributed by atoms with Crippen molar-refractivity contribution in [3.05, 3.63) is 65.2 Å². The maximum atomic E-state index is 12.2. The highest BCUT2D eigenvalue weighted by Crippen LogP contribution is 2.24. The van der Waals surface area contributed by atoms with Gasteiger partial charge in [0.15, 0.2) is 0 Å². The fourth-order valence-electron chi connectivity index (χ4n) is 3.25. The number of hydrogen-bond acceptors (Lipinski definition) is 4. The minimum absolute atomic E-state index is 0.0376. The fourth-order valence-corrected chi connectivity index (χ4v) is 3.25. The van der Waals surface area contributed by atoms with Crippen LogP contribution >= 0.6 is 0 Å². The van der Waals surface area contributed by atoms with E-state index in [9.17, 15) is 14.4 Å². The molecule has 1 aliphatic heterocycles. The third kappa shape index (κ3) is 6.31. The molecular weight excluding hydrogens is 394 g/mol. The third-order valence-electron chi connectivity index (χ3n) is 5.16. The monoisotopic (exact) mass is 423 g/mol. The van der Waals surface area contributed by atoms with E-state index in [1.165, 1.54) is 10.5 Å². The molecule has 0 saturated carbocycles. The Morgan fingerprint density at radius 3 is 2.26 bits per heavy atom. The molecule has 2 N–H and O–H groups in total. The Labute approximate surface area is 182 Å². The molecule has 164 valence electrons. The predicted octanol–water partition coefficient (Wildman–Crippen LogP) is 2.95. The van der Waals surface area contributed by atoms with E-state index >= 15 is 0 Å². The van der Waals surface area contributed by atoms with Crippen molar-refractivity contribution < 1.29 is 19.1 Å². The Morgan fingerprint density at radius 1 is 1.00 bits per heavy atom. The molecule has 0 radical (unpaired) electrons. The highest BCUT2D eigenvalue weighted by molar-refractivity contribution is 5.95. The lowest BCUT2D eigenvalue weighted by molar-refractivity contribution is -0.133. The molecule has 0 atom stereocenters. The first-order chi connectivity index (χ1) is 14.7. The zero-order chi connectivity index (χ0) is 22.4.